The van der Waals surface area contributed by atoms with E-state index < -0.39 is 0 Å². The highest BCUT2D eigenvalue weighted by molar-refractivity contribution is 5.91. The van der Waals surface area contributed by atoms with Gasteiger partial charge in [0, 0.05) is 16.9 Å². The molecule has 0 aliphatic carbocycles. The Morgan fingerprint density at radius 1 is 0.362 bits per heavy atom. The third kappa shape index (κ3) is 5.83. The molecule has 0 amide bonds. The van der Waals surface area contributed by atoms with Gasteiger partial charge in [-0.2, -0.15) is 0 Å². The van der Waals surface area contributed by atoms with Crippen molar-refractivity contribution >= 4 is 27.8 Å². The lowest BCUT2D eigenvalue weighted by Crippen LogP contribution is -2.11. The molecule has 0 saturated carbocycles. The van der Waals surface area contributed by atoms with Crippen LogP contribution in [0.2, 0.25) is 0 Å². The van der Waals surface area contributed by atoms with Crippen LogP contribution >= 0.6 is 0 Å². The fourth-order valence-corrected chi connectivity index (χ4v) is 6.17. The minimum absolute atomic E-state index is 0.0267. The fourth-order valence-electron chi connectivity index (χ4n) is 6.17. The van der Waals surface area contributed by atoms with Gasteiger partial charge in [0.25, 0.3) is 0 Å². The van der Waals surface area contributed by atoms with Crippen molar-refractivity contribution in [1.29, 1.82) is 0 Å². The molecular formula is C46H33N. The fraction of sp³-hybridized carbons (Fsp3) is 0. The summed E-state index contributed by atoms with van der Waals surface area (Å²) in [6, 6.07) is 58.3. The van der Waals surface area contributed by atoms with Crippen molar-refractivity contribution in [2.45, 2.75) is 0 Å². The smallest absolute Gasteiger partial charge is 0.0651 e. The molecule has 0 heterocycles. The van der Waals surface area contributed by atoms with Crippen molar-refractivity contribution in [3.05, 3.63) is 200 Å². The summed E-state index contributed by atoms with van der Waals surface area (Å²) >= 11 is 0. The Bertz CT molecular complexity index is 2510. The molecule has 0 radical (unpaired) electrons. The van der Waals surface area contributed by atoms with Gasteiger partial charge >= 0.3 is 0 Å². The van der Waals surface area contributed by atoms with Gasteiger partial charge in [-0.1, -0.05) is 158 Å². The van der Waals surface area contributed by atoms with E-state index in [0.29, 0.717) is 11.1 Å². The molecule has 0 bridgehead atoms. The van der Waals surface area contributed by atoms with Gasteiger partial charge in [-0.3, -0.25) is 0 Å². The standard InChI is InChI=1S/C46H33N/c1-3-13-34(14-4-1)39-19-11-20-40(31-39)36-27-29-43(30-28-36)47(46-24-10-9-23-45(46)37-16-5-2-6-17-37)44-22-12-21-41(33-44)42-26-25-35-15-7-8-18-38(35)32-42/h1-33H/i12D,21D,22D,33D. The summed E-state index contributed by atoms with van der Waals surface area (Å²) < 4.78 is 37.0. The van der Waals surface area contributed by atoms with Crippen LogP contribution in [0.3, 0.4) is 0 Å². The molecule has 1 nitrogen and oxygen atoms in total. The first-order chi connectivity index (χ1) is 25.0. The maximum Gasteiger partial charge on any atom is 0.0651 e. The Morgan fingerprint density at radius 2 is 0.936 bits per heavy atom. The first kappa shape index (κ1) is 24.1. The quantitative estimate of drug-likeness (QED) is 0.175. The Labute approximate surface area is 282 Å². The maximum absolute atomic E-state index is 9.69. The van der Waals surface area contributed by atoms with Crippen LogP contribution in [0.5, 0.6) is 0 Å². The van der Waals surface area contributed by atoms with Gasteiger partial charge in [0.15, 0.2) is 0 Å². The molecule has 0 aliphatic heterocycles. The van der Waals surface area contributed by atoms with E-state index in [1.165, 1.54) is 0 Å². The van der Waals surface area contributed by atoms with Crippen molar-refractivity contribution < 1.29 is 5.48 Å². The molecule has 0 N–H and O–H groups in total. The van der Waals surface area contributed by atoms with Gasteiger partial charge in [0.2, 0.25) is 0 Å². The molecule has 0 saturated heterocycles. The van der Waals surface area contributed by atoms with Crippen LogP contribution in [-0.2, 0) is 0 Å². The largest absolute Gasteiger partial charge is 0.310 e. The predicted octanol–water partition coefficient (Wildman–Crippen LogP) is 13.0. The lowest BCUT2D eigenvalue weighted by molar-refractivity contribution is 1.28. The lowest BCUT2D eigenvalue weighted by Gasteiger charge is -2.28. The summed E-state index contributed by atoms with van der Waals surface area (Å²) in [5.74, 6) is 0. The SMILES string of the molecule is [2H]c1c([2H])c(-c2ccc3ccccc3c2)c([2H])c(N(c2ccc(-c3cccc(-c4ccccc4)c3)cc2)c2ccccc2-c2ccccc2)c1[2H]. The van der Waals surface area contributed by atoms with E-state index in [4.69, 9.17) is 2.74 Å². The molecule has 8 aromatic rings. The topological polar surface area (TPSA) is 3.24 Å². The number of nitrogens with zero attached hydrogens (tertiary/aromatic N) is 1. The van der Waals surface area contributed by atoms with Crippen LogP contribution < -0.4 is 4.90 Å². The number of hydrogen-bond donors (Lipinski definition) is 0. The lowest BCUT2D eigenvalue weighted by atomic mass is 9.98. The normalized spacial score (nSPS) is 12.2. The highest BCUT2D eigenvalue weighted by Gasteiger charge is 2.18. The zero-order valence-corrected chi connectivity index (χ0v) is 25.7. The average molecular weight is 604 g/mol. The van der Waals surface area contributed by atoms with Gasteiger partial charge in [0.1, 0.15) is 0 Å². The first-order valence-electron chi connectivity index (χ1n) is 17.8. The number of fused-ring (bicyclic) bond motifs is 1. The highest BCUT2D eigenvalue weighted by Crippen LogP contribution is 2.42. The maximum atomic E-state index is 9.69. The van der Waals surface area contributed by atoms with Gasteiger partial charge in [-0.25, -0.2) is 0 Å². The second-order valence-corrected chi connectivity index (χ2v) is 11.5. The Hall–Kier alpha value is -6.18. The summed E-state index contributed by atoms with van der Waals surface area (Å²) in [6.45, 7) is 0. The molecule has 1 heteroatoms. The number of anilines is 3. The molecule has 0 unspecified atom stereocenters. The van der Waals surface area contributed by atoms with E-state index in [0.717, 1.165) is 55.5 Å². The number of hydrogen-bond acceptors (Lipinski definition) is 1. The minimum Gasteiger partial charge on any atom is -0.310 e. The molecule has 0 fully saturated rings. The summed E-state index contributed by atoms with van der Waals surface area (Å²) in [7, 11) is 0. The molecule has 0 atom stereocenters. The predicted molar refractivity (Wildman–Crippen MR) is 200 cm³/mol. The average Bonchev–Trinajstić information content (AvgIpc) is 3.19. The van der Waals surface area contributed by atoms with Crippen LogP contribution in [0.1, 0.15) is 5.48 Å². The Balaban J connectivity index is 1.33. The molecular weight excluding hydrogens is 567 g/mol. The van der Waals surface area contributed by atoms with Crippen molar-refractivity contribution in [2.24, 2.45) is 0 Å². The van der Waals surface area contributed by atoms with E-state index in [1.54, 1.807) is 0 Å². The van der Waals surface area contributed by atoms with E-state index in [9.17, 15) is 2.74 Å². The van der Waals surface area contributed by atoms with E-state index in [-0.39, 0.29) is 29.9 Å². The summed E-state index contributed by atoms with van der Waals surface area (Å²) in [5.41, 5.74) is 9.06. The summed E-state index contributed by atoms with van der Waals surface area (Å²) in [5, 5.41) is 2.03. The molecule has 222 valence electrons. The zero-order valence-electron chi connectivity index (χ0n) is 29.7. The van der Waals surface area contributed by atoms with Gasteiger partial charge < -0.3 is 4.90 Å². The second-order valence-electron chi connectivity index (χ2n) is 11.5. The second kappa shape index (κ2) is 12.7. The van der Waals surface area contributed by atoms with E-state index in [1.807, 2.05) is 132 Å². The molecule has 8 rings (SSSR count). The Kier molecular flexibility index (Phi) is 6.50. The first-order valence-corrected chi connectivity index (χ1v) is 15.8. The third-order valence-electron chi connectivity index (χ3n) is 8.53. The molecule has 8 aromatic carbocycles. The monoisotopic (exact) mass is 603 g/mol. The van der Waals surface area contributed by atoms with Crippen LogP contribution in [0.15, 0.2) is 200 Å². The third-order valence-corrected chi connectivity index (χ3v) is 8.53. The van der Waals surface area contributed by atoms with Gasteiger partial charge in [-0.05, 0) is 92.1 Å². The molecule has 0 spiro atoms. The number of para-hydroxylation sites is 1. The summed E-state index contributed by atoms with van der Waals surface area (Å²) in [4.78, 5) is 1.92. The van der Waals surface area contributed by atoms with Crippen LogP contribution in [0.25, 0.3) is 55.3 Å². The number of rotatable bonds is 7. The molecule has 0 aliphatic rings. The van der Waals surface area contributed by atoms with Crippen molar-refractivity contribution in [3.63, 3.8) is 0 Å². The summed E-state index contributed by atoms with van der Waals surface area (Å²) in [6.07, 6.45) is 0. The van der Waals surface area contributed by atoms with Crippen molar-refractivity contribution in [2.75, 3.05) is 4.90 Å². The van der Waals surface area contributed by atoms with Crippen LogP contribution in [0, 0.1) is 0 Å². The molecule has 0 aromatic heterocycles. The van der Waals surface area contributed by atoms with Crippen LogP contribution in [-0.4, -0.2) is 0 Å². The van der Waals surface area contributed by atoms with E-state index >= 15 is 0 Å². The zero-order chi connectivity index (χ0) is 34.9. The number of benzene rings is 8. The van der Waals surface area contributed by atoms with E-state index in [2.05, 4.69) is 48.5 Å². The van der Waals surface area contributed by atoms with Crippen LogP contribution in [0.4, 0.5) is 17.1 Å². The van der Waals surface area contributed by atoms with Crippen molar-refractivity contribution in [1.82, 2.24) is 0 Å². The highest BCUT2D eigenvalue weighted by atomic mass is 15.1. The van der Waals surface area contributed by atoms with Crippen molar-refractivity contribution in [3.8, 4) is 44.5 Å². The minimum atomic E-state index is -0.222. The molecule has 47 heavy (non-hydrogen) atoms. The van der Waals surface area contributed by atoms with Gasteiger partial charge in [0.05, 0.1) is 11.2 Å². The van der Waals surface area contributed by atoms with Gasteiger partial charge in [-0.15, -0.1) is 0 Å². The Morgan fingerprint density at radius 3 is 1.70 bits per heavy atom.